The molecule has 0 radical (unpaired) electrons. The summed E-state index contributed by atoms with van der Waals surface area (Å²) >= 11 is 3.52. The van der Waals surface area contributed by atoms with Gasteiger partial charge in [-0.2, -0.15) is 4.39 Å². The van der Waals surface area contributed by atoms with Crippen LogP contribution in [0.2, 0.25) is 0 Å². The van der Waals surface area contributed by atoms with E-state index in [0.717, 1.165) is 0 Å². The summed E-state index contributed by atoms with van der Waals surface area (Å²) in [6, 6.07) is 6.99. The second-order valence-corrected chi connectivity index (χ2v) is 9.88. The van der Waals surface area contributed by atoms with Gasteiger partial charge in [0.15, 0.2) is 0 Å². The summed E-state index contributed by atoms with van der Waals surface area (Å²) in [7, 11) is -3.33. The summed E-state index contributed by atoms with van der Waals surface area (Å²) in [4.78, 5) is 16.8. The number of para-hydroxylation sites is 2. The first-order valence-corrected chi connectivity index (χ1v) is 10.4. The van der Waals surface area contributed by atoms with Crippen LogP contribution >= 0.6 is 24.0 Å². The van der Waals surface area contributed by atoms with Crippen molar-refractivity contribution in [1.29, 1.82) is 0 Å². The van der Waals surface area contributed by atoms with Crippen LogP contribution in [0.4, 0.5) is 4.39 Å². The van der Waals surface area contributed by atoms with Crippen molar-refractivity contribution in [2.24, 2.45) is 11.7 Å². The van der Waals surface area contributed by atoms with Crippen molar-refractivity contribution in [1.82, 2.24) is 9.55 Å². The summed E-state index contributed by atoms with van der Waals surface area (Å²) in [5.74, 6) is -2.52. The fraction of sp³-hybridized carbons (Fsp3) is 0.588. The number of ether oxygens (including phenoxy) is 1. The third-order valence-electron chi connectivity index (χ3n) is 4.29. The van der Waals surface area contributed by atoms with Gasteiger partial charge in [-0.25, -0.2) is 4.98 Å². The molecule has 6 nitrogen and oxygen atoms in total. The predicted octanol–water partition coefficient (Wildman–Crippen LogP) is 3.96. The Balaban J connectivity index is 2.81. The molecule has 9 heteroatoms. The highest BCUT2D eigenvalue weighted by Gasteiger charge is 2.64. The van der Waals surface area contributed by atoms with Crippen molar-refractivity contribution >= 4 is 35.0 Å². The first kappa shape index (κ1) is 21.4. The molecule has 2 aromatic rings. The molecule has 4 atom stereocenters. The maximum Gasteiger partial charge on any atom is 0.371 e. The molecule has 0 saturated carbocycles. The maximum atomic E-state index is 14.8. The first-order chi connectivity index (χ1) is 12.0. The van der Waals surface area contributed by atoms with Gasteiger partial charge in [-0.3, -0.25) is 15.0 Å². The van der Waals surface area contributed by atoms with E-state index in [4.69, 9.17) is 10.5 Å². The standard InChI is InChI=1S/C17H24BrFN3O3P/c1-5-16(19,20)25-17(26(23)24,15(4,18)10-12(2)3)22-11-21-13-8-6-7-9-14(13)22/h6-9,11-12H,5,10,20H2,1-4H3. The van der Waals surface area contributed by atoms with E-state index < -0.39 is 23.8 Å². The van der Waals surface area contributed by atoms with Crippen molar-refractivity contribution in [2.45, 2.75) is 56.3 Å². The van der Waals surface area contributed by atoms with Crippen LogP contribution in [0.3, 0.4) is 0 Å². The number of alkyl halides is 2. The number of aromatic nitrogens is 2. The minimum Gasteiger partial charge on any atom is -0.592 e. The number of rotatable bonds is 8. The molecule has 4 unspecified atom stereocenters. The number of halogens is 2. The van der Waals surface area contributed by atoms with E-state index in [9.17, 15) is 13.8 Å². The van der Waals surface area contributed by atoms with E-state index in [1.165, 1.54) is 17.8 Å². The SMILES string of the molecule is CCC(N)(F)OC(n1cnc2ccccc21)([P+](=O)[O-])C(C)(Br)CC(C)C. The Morgan fingerprint density at radius 3 is 2.62 bits per heavy atom. The van der Waals surface area contributed by atoms with E-state index in [2.05, 4.69) is 20.9 Å². The van der Waals surface area contributed by atoms with Gasteiger partial charge >= 0.3 is 13.5 Å². The summed E-state index contributed by atoms with van der Waals surface area (Å²) in [5.41, 5.74) is 4.58. The molecule has 0 saturated heterocycles. The van der Waals surface area contributed by atoms with E-state index in [-0.39, 0.29) is 12.3 Å². The average Bonchev–Trinajstić information content (AvgIpc) is 2.95. The summed E-state index contributed by atoms with van der Waals surface area (Å²) < 4.78 is 33.1. The van der Waals surface area contributed by atoms with Gasteiger partial charge in [0.2, 0.25) is 0 Å². The Kier molecular flexibility index (Phi) is 6.25. The molecular weight excluding hydrogens is 424 g/mol. The smallest absolute Gasteiger partial charge is 0.371 e. The van der Waals surface area contributed by atoms with Gasteiger partial charge in [0.05, 0.1) is 11.0 Å². The molecule has 0 amide bonds. The Bertz CT molecular complexity index is 796. The lowest BCUT2D eigenvalue weighted by Crippen LogP contribution is -2.57. The zero-order valence-electron chi connectivity index (χ0n) is 15.3. The number of hydrogen-bond donors (Lipinski definition) is 1. The number of imidazole rings is 1. The number of nitrogens with zero attached hydrogens (tertiary/aromatic N) is 2. The molecule has 1 heterocycles. The minimum atomic E-state index is -3.33. The van der Waals surface area contributed by atoms with Gasteiger partial charge in [-0.15, -0.1) is 0 Å². The molecule has 2 rings (SSSR count). The molecule has 2 N–H and O–H groups in total. The van der Waals surface area contributed by atoms with Crippen molar-refractivity contribution < 1.29 is 18.6 Å². The summed E-state index contributed by atoms with van der Waals surface area (Å²) in [6.07, 6.45) is 1.53. The molecule has 26 heavy (non-hydrogen) atoms. The number of nitrogens with two attached hydrogens (primary N) is 1. The Morgan fingerprint density at radius 2 is 2.08 bits per heavy atom. The van der Waals surface area contributed by atoms with Crippen LogP contribution in [0.25, 0.3) is 11.0 Å². The molecule has 1 aromatic carbocycles. The second kappa shape index (κ2) is 7.60. The quantitative estimate of drug-likeness (QED) is 0.286. The topological polar surface area (TPSA) is 93.2 Å². The molecule has 0 bridgehead atoms. The van der Waals surface area contributed by atoms with Gasteiger partial charge < -0.3 is 4.89 Å². The lowest BCUT2D eigenvalue weighted by atomic mass is 9.96. The fourth-order valence-corrected chi connectivity index (χ4v) is 5.52. The van der Waals surface area contributed by atoms with Crippen LogP contribution in [0.15, 0.2) is 30.6 Å². The second-order valence-electron chi connectivity index (χ2n) is 7.01. The Morgan fingerprint density at radius 1 is 1.46 bits per heavy atom. The number of fused-ring (bicyclic) bond motifs is 1. The molecular formula is C17H24BrFN3O3P. The number of hydrogen-bond acceptors (Lipinski definition) is 5. The Labute approximate surface area is 161 Å². The van der Waals surface area contributed by atoms with Crippen LogP contribution in [-0.2, 0) is 14.8 Å². The molecule has 0 fully saturated rings. The van der Waals surface area contributed by atoms with Crippen LogP contribution in [0.5, 0.6) is 0 Å². The summed E-state index contributed by atoms with van der Waals surface area (Å²) in [5, 5.41) is 0. The zero-order chi connectivity index (χ0) is 19.8. The van der Waals surface area contributed by atoms with Gasteiger partial charge in [0, 0.05) is 6.42 Å². The van der Waals surface area contributed by atoms with E-state index >= 15 is 0 Å². The highest BCUT2D eigenvalue weighted by molar-refractivity contribution is 9.10. The van der Waals surface area contributed by atoms with Crippen molar-refractivity contribution in [2.75, 3.05) is 0 Å². The predicted molar refractivity (Wildman–Crippen MR) is 102 cm³/mol. The van der Waals surface area contributed by atoms with E-state index in [1.807, 2.05) is 13.8 Å². The van der Waals surface area contributed by atoms with E-state index in [1.54, 1.807) is 31.2 Å². The van der Waals surface area contributed by atoms with Gasteiger partial charge in [0.1, 0.15) is 10.7 Å². The third-order valence-corrected chi connectivity index (χ3v) is 6.76. The maximum absolute atomic E-state index is 14.8. The highest BCUT2D eigenvalue weighted by atomic mass is 79.9. The molecule has 0 spiro atoms. The van der Waals surface area contributed by atoms with Crippen molar-refractivity contribution in [3.05, 3.63) is 30.6 Å². The molecule has 1 aromatic heterocycles. The first-order valence-electron chi connectivity index (χ1n) is 8.41. The van der Waals surface area contributed by atoms with Gasteiger partial charge in [-0.05, 0) is 31.4 Å². The summed E-state index contributed by atoms with van der Waals surface area (Å²) in [6.45, 7) is 7.04. The third kappa shape index (κ3) is 3.85. The van der Waals surface area contributed by atoms with Crippen molar-refractivity contribution in [3.8, 4) is 0 Å². The number of benzene rings is 1. The zero-order valence-corrected chi connectivity index (χ0v) is 17.8. The van der Waals surface area contributed by atoms with Crippen LogP contribution in [-0.4, -0.2) is 19.9 Å². The van der Waals surface area contributed by atoms with Crippen LogP contribution in [0.1, 0.15) is 40.5 Å². The fourth-order valence-electron chi connectivity index (χ4n) is 3.13. The molecule has 144 valence electrons. The van der Waals surface area contributed by atoms with Gasteiger partial charge in [0.25, 0.3) is 5.98 Å². The highest BCUT2D eigenvalue weighted by Crippen LogP contribution is 2.56. The van der Waals surface area contributed by atoms with Crippen LogP contribution in [0, 0.1) is 5.92 Å². The lowest BCUT2D eigenvalue weighted by molar-refractivity contribution is -0.260. The average molecular weight is 448 g/mol. The normalized spacial score (nSPS) is 19.8. The largest absolute Gasteiger partial charge is 0.592 e. The Hall–Kier alpha value is -0.920. The van der Waals surface area contributed by atoms with Crippen LogP contribution < -0.4 is 10.6 Å². The molecule has 0 aliphatic carbocycles. The minimum absolute atomic E-state index is 0.112. The lowest BCUT2D eigenvalue weighted by Gasteiger charge is -2.42. The van der Waals surface area contributed by atoms with Crippen molar-refractivity contribution in [3.63, 3.8) is 0 Å². The van der Waals surface area contributed by atoms with E-state index in [0.29, 0.717) is 17.5 Å². The van der Waals surface area contributed by atoms with Gasteiger partial charge in [-0.1, -0.05) is 53.4 Å². The molecule has 0 aliphatic rings. The molecule has 0 aliphatic heterocycles. The monoisotopic (exact) mass is 447 g/mol.